The highest BCUT2D eigenvalue weighted by Crippen LogP contribution is 2.17. The summed E-state index contributed by atoms with van der Waals surface area (Å²) < 4.78 is 30.9. The number of nitrogens with two attached hydrogens (primary N) is 1. The second kappa shape index (κ2) is 5.72. The number of ether oxygens (including phenoxy) is 1. The summed E-state index contributed by atoms with van der Waals surface area (Å²) >= 11 is 1.11. The lowest BCUT2D eigenvalue weighted by Crippen LogP contribution is -2.29. The molecule has 0 atom stereocenters. The molecule has 19 heavy (non-hydrogen) atoms. The van der Waals surface area contributed by atoms with Crippen LogP contribution >= 0.6 is 11.3 Å². The maximum absolute atomic E-state index is 12.9. The zero-order chi connectivity index (χ0) is 13.8. The van der Waals surface area contributed by atoms with Crippen LogP contribution in [0.3, 0.4) is 0 Å². The van der Waals surface area contributed by atoms with Crippen molar-refractivity contribution in [1.29, 1.82) is 0 Å². The summed E-state index contributed by atoms with van der Waals surface area (Å²) in [5.74, 6) is 2.72. The molecule has 0 saturated carbocycles. The SMILES string of the molecule is NNC(=O)c1nc(COc2ccc(F)c(F)c2)cs1. The topological polar surface area (TPSA) is 77.2 Å². The highest BCUT2D eigenvalue weighted by atomic mass is 32.1. The highest BCUT2D eigenvalue weighted by Gasteiger charge is 2.10. The third-order valence-corrected chi connectivity index (χ3v) is 3.04. The number of hydrazine groups is 1. The molecule has 0 aliphatic rings. The Kier molecular flexibility index (Phi) is 4.03. The molecule has 2 rings (SSSR count). The van der Waals surface area contributed by atoms with E-state index < -0.39 is 17.5 Å². The molecule has 1 heterocycles. The van der Waals surface area contributed by atoms with E-state index in [0.29, 0.717) is 5.69 Å². The van der Waals surface area contributed by atoms with Crippen molar-refractivity contribution in [2.45, 2.75) is 6.61 Å². The molecule has 0 aliphatic heterocycles. The fourth-order valence-electron chi connectivity index (χ4n) is 1.26. The molecule has 5 nitrogen and oxygen atoms in total. The molecule has 1 aromatic carbocycles. The molecule has 1 aromatic heterocycles. The largest absolute Gasteiger partial charge is 0.487 e. The van der Waals surface area contributed by atoms with E-state index in [1.807, 2.05) is 5.43 Å². The van der Waals surface area contributed by atoms with Crippen LogP contribution in [0, 0.1) is 11.6 Å². The van der Waals surface area contributed by atoms with Gasteiger partial charge >= 0.3 is 0 Å². The number of nitrogen functional groups attached to an aromatic ring is 1. The molecular weight excluding hydrogens is 276 g/mol. The number of benzene rings is 1. The zero-order valence-electron chi connectivity index (χ0n) is 9.52. The van der Waals surface area contributed by atoms with Gasteiger partial charge in [-0.05, 0) is 12.1 Å². The number of amides is 1. The Hall–Kier alpha value is -2.06. The van der Waals surface area contributed by atoms with Gasteiger partial charge in [0.25, 0.3) is 5.91 Å². The summed E-state index contributed by atoms with van der Waals surface area (Å²) in [7, 11) is 0. The normalized spacial score (nSPS) is 10.3. The van der Waals surface area contributed by atoms with Crippen molar-refractivity contribution in [3.05, 3.63) is 45.9 Å². The van der Waals surface area contributed by atoms with E-state index in [0.717, 1.165) is 23.5 Å². The summed E-state index contributed by atoms with van der Waals surface area (Å²) in [6.45, 7) is 0.0411. The molecule has 100 valence electrons. The van der Waals surface area contributed by atoms with Gasteiger partial charge in [0, 0.05) is 11.4 Å². The minimum Gasteiger partial charge on any atom is -0.487 e. The predicted octanol–water partition coefficient (Wildman–Crippen LogP) is 1.60. The average molecular weight is 285 g/mol. The number of halogens is 2. The first kappa shape index (κ1) is 13.4. The average Bonchev–Trinajstić information content (AvgIpc) is 2.88. The van der Waals surface area contributed by atoms with Gasteiger partial charge in [-0.25, -0.2) is 19.6 Å². The van der Waals surface area contributed by atoms with Gasteiger partial charge in [-0.1, -0.05) is 0 Å². The molecule has 1 amide bonds. The standard InChI is InChI=1S/C11H9F2N3O2S/c12-8-2-1-7(3-9(8)13)18-4-6-5-19-11(15-6)10(17)16-14/h1-3,5H,4,14H2,(H,16,17). The Morgan fingerprint density at radius 1 is 1.42 bits per heavy atom. The van der Waals surface area contributed by atoms with E-state index in [4.69, 9.17) is 10.6 Å². The van der Waals surface area contributed by atoms with Crippen molar-refractivity contribution in [3.63, 3.8) is 0 Å². The first-order valence-electron chi connectivity index (χ1n) is 5.13. The van der Waals surface area contributed by atoms with Gasteiger partial charge < -0.3 is 4.74 Å². The Bertz CT molecular complexity index is 603. The molecule has 8 heteroatoms. The van der Waals surface area contributed by atoms with Crippen LogP contribution < -0.4 is 16.0 Å². The van der Waals surface area contributed by atoms with Crippen molar-refractivity contribution in [2.75, 3.05) is 0 Å². The van der Waals surface area contributed by atoms with Gasteiger partial charge in [-0.15, -0.1) is 11.3 Å². The third kappa shape index (κ3) is 3.24. The Morgan fingerprint density at radius 2 is 2.21 bits per heavy atom. The minimum atomic E-state index is -0.987. The second-order valence-electron chi connectivity index (χ2n) is 3.48. The first-order chi connectivity index (χ1) is 9.10. The lowest BCUT2D eigenvalue weighted by molar-refractivity contribution is 0.0953. The zero-order valence-corrected chi connectivity index (χ0v) is 10.3. The summed E-state index contributed by atoms with van der Waals surface area (Å²) in [4.78, 5) is 15.1. The fourth-order valence-corrected chi connectivity index (χ4v) is 1.97. The Labute approximate surface area is 111 Å². The summed E-state index contributed by atoms with van der Waals surface area (Å²) in [5.41, 5.74) is 2.45. The Morgan fingerprint density at radius 3 is 2.89 bits per heavy atom. The number of rotatable bonds is 4. The number of hydrogen-bond donors (Lipinski definition) is 2. The maximum Gasteiger partial charge on any atom is 0.294 e. The van der Waals surface area contributed by atoms with E-state index in [2.05, 4.69) is 4.98 Å². The van der Waals surface area contributed by atoms with Crippen molar-refractivity contribution < 1.29 is 18.3 Å². The van der Waals surface area contributed by atoms with Gasteiger partial charge in [-0.3, -0.25) is 10.2 Å². The number of nitrogens with zero attached hydrogens (tertiary/aromatic N) is 1. The molecule has 0 unspecified atom stereocenters. The lowest BCUT2D eigenvalue weighted by Gasteiger charge is -2.04. The van der Waals surface area contributed by atoms with Gasteiger partial charge in [0.15, 0.2) is 16.6 Å². The smallest absolute Gasteiger partial charge is 0.294 e. The van der Waals surface area contributed by atoms with Crippen molar-refractivity contribution in [1.82, 2.24) is 10.4 Å². The van der Waals surface area contributed by atoms with Crippen LogP contribution in [-0.4, -0.2) is 10.9 Å². The monoisotopic (exact) mass is 285 g/mol. The first-order valence-corrected chi connectivity index (χ1v) is 6.01. The quantitative estimate of drug-likeness (QED) is 0.508. The van der Waals surface area contributed by atoms with Crippen LogP contribution in [0.1, 0.15) is 15.5 Å². The predicted molar refractivity (Wildman–Crippen MR) is 64.5 cm³/mol. The van der Waals surface area contributed by atoms with Crippen LogP contribution in [0.2, 0.25) is 0 Å². The highest BCUT2D eigenvalue weighted by molar-refractivity contribution is 7.11. The molecular formula is C11H9F2N3O2S. The summed E-state index contributed by atoms with van der Waals surface area (Å²) in [6, 6.07) is 3.21. The summed E-state index contributed by atoms with van der Waals surface area (Å²) in [5, 5.41) is 1.82. The molecule has 0 bridgehead atoms. The van der Waals surface area contributed by atoms with Crippen LogP contribution in [-0.2, 0) is 6.61 Å². The molecule has 0 fully saturated rings. The Balaban J connectivity index is 2.00. The maximum atomic E-state index is 12.9. The van der Waals surface area contributed by atoms with E-state index in [1.54, 1.807) is 5.38 Å². The van der Waals surface area contributed by atoms with Crippen LogP contribution in [0.15, 0.2) is 23.6 Å². The molecule has 2 aromatic rings. The third-order valence-electron chi connectivity index (χ3n) is 2.15. The second-order valence-corrected chi connectivity index (χ2v) is 4.34. The molecule has 0 saturated heterocycles. The molecule has 0 aliphatic carbocycles. The summed E-state index contributed by atoms with van der Waals surface area (Å²) in [6.07, 6.45) is 0. The van der Waals surface area contributed by atoms with Gasteiger partial charge in [0.05, 0.1) is 5.69 Å². The fraction of sp³-hybridized carbons (Fsp3) is 0.0909. The van der Waals surface area contributed by atoms with Crippen LogP contribution in [0.4, 0.5) is 8.78 Å². The van der Waals surface area contributed by atoms with E-state index in [1.165, 1.54) is 6.07 Å². The van der Waals surface area contributed by atoms with Crippen molar-refractivity contribution in [3.8, 4) is 5.75 Å². The number of carbonyl (C=O) groups excluding carboxylic acids is 1. The minimum absolute atomic E-state index is 0.0411. The van der Waals surface area contributed by atoms with Gasteiger partial charge in [0.2, 0.25) is 0 Å². The van der Waals surface area contributed by atoms with E-state index >= 15 is 0 Å². The van der Waals surface area contributed by atoms with E-state index in [-0.39, 0.29) is 17.4 Å². The van der Waals surface area contributed by atoms with E-state index in [9.17, 15) is 13.6 Å². The number of aromatic nitrogens is 1. The van der Waals surface area contributed by atoms with Gasteiger partial charge in [0.1, 0.15) is 12.4 Å². The van der Waals surface area contributed by atoms with Crippen molar-refractivity contribution >= 4 is 17.2 Å². The van der Waals surface area contributed by atoms with Crippen molar-refractivity contribution in [2.24, 2.45) is 5.84 Å². The molecule has 3 N–H and O–H groups in total. The number of thiazole rings is 1. The van der Waals surface area contributed by atoms with Crippen LogP contribution in [0.25, 0.3) is 0 Å². The van der Waals surface area contributed by atoms with Crippen LogP contribution in [0.5, 0.6) is 5.75 Å². The number of carbonyl (C=O) groups is 1. The van der Waals surface area contributed by atoms with Gasteiger partial charge in [-0.2, -0.15) is 0 Å². The lowest BCUT2D eigenvalue weighted by atomic mass is 10.3. The number of nitrogens with one attached hydrogen (secondary N) is 1. The molecule has 0 spiro atoms. The molecule has 0 radical (unpaired) electrons. The number of hydrogen-bond acceptors (Lipinski definition) is 5.